The van der Waals surface area contributed by atoms with Crippen LogP contribution >= 0.6 is 11.6 Å². The van der Waals surface area contributed by atoms with Crippen molar-refractivity contribution in [2.45, 2.75) is 19.9 Å². The lowest BCUT2D eigenvalue weighted by atomic mass is 10.2. The first kappa shape index (κ1) is 10.5. The van der Waals surface area contributed by atoms with Crippen molar-refractivity contribution in [1.82, 2.24) is 4.57 Å². The van der Waals surface area contributed by atoms with Gasteiger partial charge in [0.05, 0.1) is 5.02 Å². The first-order valence-corrected chi connectivity index (χ1v) is 5.55. The molecule has 0 unspecified atom stereocenters. The Morgan fingerprint density at radius 1 is 1.40 bits per heavy atom. The number of fused-ring (bicyclic) bond motifs is 1. The van der Waals surface area contributed by atoms with E-state index in [1.54, 1.807) is 0 Å². The van der Waals surface area contributed by atoms with Crippen LogP contribution in [-0.2, 0) is 6.54 Å². The van der Waals surface area contributed by atoms with E-state index in [-0.39, 0.29) is 0 Å². The Morgan fingerprint density at radius 3 is 2.93 bits per heavy atom. The van der Waals surface area contributed by atoms with Gasteiger partial charge in [-0.05, 0) is 31.5 Å². The normalized spacial score (nSPS) is 11.1. The quantitative estimate of drug-likeness (QED) is 0.851. The van der Waals surface area contributed by atoms with Crippen LogP contribution in [0.3, 0.4) is 0 Å². The summed E-state index contributed by atoms with van der Waals surface area (Å²) in [4.78, 5) is 0. The van der Waals surface area contributed by atoms with Crippen molar-refractivity contribution in [3.8, 4) is 0 Å². The Labute approximate surface area is 94.6 Å². The number of hydrogen-bond donors (Lipinski definition) is 1. The predicted octanol–water partition coefficient (Wildman–Crippen LogP) is 2.95. The van der Waals surface area contributed by atoms with Gasteiger partial charge >= 0.3 is 0 Å². The second-order valence-corrected chi connectivity index (χ2v) is 4.24. The average molecular weight is 223 g/mol. The van der Waals surface area contributed by atoms with Gasteiger partial charge in [-0.25, -0.2) is 0 Å². The van der Waals surface area contributed by atoms with Crippen LogP contribution in [0.1, 0.15) is 12.0 Å². The molecule has 1 aromatic heterocycles. The van der Waals surface area contributed by atoms with Crippen LogP contribution in [0.2, 0.25) is 5.02 Å². The van der Waals surface area contributed by atoms with Crippen molar-refractivity contribution in [3.05, 3.63) is 35.0 Å². The number of nitrogens with zero attached hydrogens (tertiary/aromatic N) is 1. The van der Waals surface area contributed by atoms with E-state index in [1.165, 1.54) is 11.1 Å². The molecule has 0 fully saturated rings. The molecule has 80 valence electrons. The molecular weight excluding hydrogens is 208 g/mol. The van der Waals surface area contributed by atoms with Crippen LogP contribution in [0.4, 0.5) is 0 Å². The Balaban J connectivity index is 2.49. The highest BCUT2D eigenvalue weighted by Gasteiger charge is 2.05. The van der Waals surface area contributed by atoms with E-state index in [1.807, 2.05) is 6.20 Å². The minimum atomic E-state index is 0.711. The van der Waals surface area contributed by atoms with E-state index >= 15 is 0 Å². The van der Waals surface area contributed by atoms with Crippen LogP contribution in [0.15, 0.2) is 24.4 Å². The molecule has 0 aliphatic heterocycles. The zero-order valence-corrected chi connectivity index (χ0v) is 9.59. The molecule has 2 aromatic rings. The molecule has 2 rings (SSSR count). The Kier molecular flexibility index (Phi) is 2.98. The first-order valence-electron chi connectivity index (χ1n) is 5.17. The van der Waals surface area contributed by atoms with Crippen molar-refractivity contribution in [2.24, 2.45) is 5.73 Å². The molecule has 0 saturated carbocycles. The number of benzene rings is 1. The second kappa shape index (κ2) is 4.25. The van der Waals surface area contributed by atoms with Gasteiger partial charge in [-0.1, -0.05) is 23.7 Å². The molecule has 0 amide bonds. The largest absolute Gasteiger partial charge is 0.346 e. The van der Waals surface area contributed by atoms with Crippen LogP contribution in [-0.4, -0.2) is 11.1 Å². The van der Waals surface area contributed by atoms with E-state index in [0.717, 1.165) is 23.4 Å². The number of aromatic nitrogens is 1. The molecule has 15 heavy (non-hydrogen) atoms. The van der Waals surface area contributed by atoms with Crippen LogP contribution in [0.25, 0.3) is 10.9 Å². The molecule has 0 aliphatic carbocycles. The molecular formula is C12H15ClN2. The maximum atomic E-state index is 6.16. The maximum Gasteiger partial charge on any atom is 0.0661 e. The molecule has 0 bridgehead atoms. The maximum absolute atomic E-state index is 6.16. The number of nitrogens with two attached hydrogens (primary N) is 1. The highest BCUT2D eigenvalue weighted by Crippen LogP contribution is 2.26. The predicted molar refractivity (Wildman–Crippen MR) is 65.4 cm³/mol. The number of hydrogen-bond acceptors (Lipinski definition) is 1. The van der Waals surface area contributed by atoms with Gasteiger partial charge in [0.1, 0.15) is 0 Å². The summed E-state index contributed by atoms with van der Waals surface area (Å²) in [7, 11) is 0. The molecule has 2 N–H and O–H groups in total. The third kappa shape index (κ3) is 2.01. The van der Waals surface area contributed by atoms with Crippen molar-refractivity contribution in [1.29, 1.82) is 0 Å². The average Bonchev–Trinajstić information content (AvgIpc) is 2.52. The summed E-state index contributed by atoms with van der Waals surface area (Å²) in [6, 6.07) is 6.32. The number of aryl methyl sites for hydroxylation is 2. The fourth-order valence-corrected chi connectivity index (χ4v) is 2.08. The van der Waals surface area contributed by atoms with Crippen LogP contribution < -0.4 is 5.73 Å². The molecule has 3 heteroatoms. The van der Waals surface area contributed by atoms with Gasteiger partial charge in [-0.15, -0.1) is 0 Å². The van der Waals surface area contributed by atoms with Crippen LogP contribution in [0.5, 0.6) is 0 Å². The van der Waals surface area contributed by atoms with E-state index in [4.69, 9.17) is 17.3 Å². The Morgan fingerprint density at radius 2 is 2.20 bits per heavy atom. The molecule has 0 spiro atoms. The summed E-state index contributed by atoms with van der Waals surface area (Å²) in [5.74, 6) is 0. The first-order chi connectivity index (χ1) is 7.22. The zero-order chi connectivity index (χ0) is 10.8. The number of rotatable bonds is 3. The molecule has 2 nitrogen and oxygen atoms in total. The zero-order valence-electron chi connectivity index (χ0n) is 8.83. The van der Waals surface area contributed by atoms with Crippen molar-refractivity contribution < 1.29 is 0 Å². The smallest absolute Gasteiger partial charge is 0.0661 e. The lowest BCUT2D eigenvalue weighted by Crippen LogP contribution is -2.04. The second-order valence-electron chi connectivity index (χ2n) is 3.83. The fourth-order valence-electron chi connectivity index (χ4n) is 1.80. The lowest BCUT2D eigenvalue weighted by molar-refractivity contribution is 0.671. The van der Waals surface area contributed by atoms with Gasteiger partial charge in [0.15, 0.2) is 0 Å². The summed E-state index contributed by atoms with van der Waals surface area (Å²) in [6.07, 6.45) is 2.97. The van der Waals surface area contributed by atoms with Crippen molar-refractivity contribution >= 4 is 22.5 Å². The minimum absolute atomic E-state index is 0.711. The van der Waals surface area contributed by atoms with Crippen LogP contribution in [0, 0.1) is 6.92 Å². The molecule has 0 aliphatic rings. The molecule has 0 atom stereocenters. The van der Waals surface area contributed by atoms with E-state index in [9.17, 15) is 0 Å². The minimum Gasteiger partial charge on any atom is -0.346 e. The molecule has 1 aromatic carbocycles. The fraction of sp³-hybridized carbons (Fsp3) is 0.333. The standard InChI is InChI=1S/C12H15ClN2/c1-9-3-4-10-11(13)8-15(6-2-5-14)12(10)7-9/h3-4,7-8H,2,5-6,14H2,1H3. The summed E-state index contributed by atoms with van der Waals surface area (Å²) in [6.45, 7) is 3.74. The van der Waals surface area contributed by atoms with Gasteiger partial charge in [0.2, 0.25) is 0 Å². The van der Waals surface area contributed by atoms with E-state index < -0.39 is 0 Å². The topological polar surface area (TPSA) is 30.9 Å². The third-order valence-electron chi connectivity index (χ3n) is 2.59. The Bertz CT molecular complexity index is 474. The summed E-state index contributed by atoms with van der Waals surface area (Å²) >= 11 is 6.16. The van der Waals surface area contributed by atoms with Crippen molar-refractivity contribution in [3.63, 3.8) is 0 Å². The molecule has 1 heterocycles. The molecule has 0 saturated heterocycles. The summed E-state index contributed by atoms with van der Waals surface area (Å²) < 4.78 is 2.18. The highest BCUT2D eigenvalue weighted by molar-refractivity contribution is 6.35. The van der Waals surface area contributed by atoms with Crippen molar-refractivity contribution in [2.75, 3.05) is 6.54 Å². The molecule has 0 radical (unpaired) electrons. The third-order valence-corrected chi connectivity index (χ3v) is 2.89. The summed E-state index contributed by atoms with van der Waals surface area (Å²) in [5, 5.41) is 1.95. The monoisotopic (exact) mass is 222 g/mol. The highest BCUT2D eigenvalue weighted by atomic mass is 35.5. The van der Waals surface area contributed by atoms with Gasteiger partial charge in [0.25, 0.3) is 0 Å². The van der Waals surface area contributed by atoms with E-state index in [0.29, 0.717) is 6.54 Å². The van der Waals surface area contributed by atoms with E-state index in [2.05, 4.69) is 29.7 Å². The van der Waals surface area contributed by atoms with Gasteiger partial charge in [0, 0.05) is 23.6 Å². The summed E-state index contributed by atoms with van der Waals surface area (Å²) in [5.41, 5.74) is 7.97. The SMILES string of the molecule is Cc1ccc2c(Cl)cn(CCCN)c2c1. The van der Waals surface area contributed by atoms with Gasteiger partial charge < -0.3 is 10.3 Å². The number of halogens is 1. The van der Waals surface area contributed by atoms with Gasteiger partial charge in [-0.2, -0.15) is 0 Å². The van der Waals surface area contributed by atoms with Gasteiger partial charge in [-0.3, -0.25) is 0 Å². The Hall–Kier alpha value is -0.990. The lowest BCUT2D eigenvalue weighted by Gasteiger charge is -2.04.